The second-order valence-corrected chi connectivity index (χ2v) is 8.18. The summed E-state index contributed by atoms with van der Waals surface area (Å²) in [7, 11) is 0. The van der Waals surface area contributed by atoms with Crippen LogP contribution in [0.1, 0.15) is 6.92 Å². The summed E-state index contributed by atoms with van der Waals surface area (Å²) in [6.45, 7) is -5.40. The van der Waals surface area contributed by atoms with E-state index in [1.54, 1.807) is 0 Å². The van der Waals surface area contributed by atoms with Gasteiger partial charge in [-0.3, -0.25) is 14.4 Å². The van der Waals surface area contributed by atoms with Crippen LogP contribution in [0.25, 0.3) is 0 Å². The summed E-state index contributed by atoms with van der Waals surface area (Å²) < 4.78 is 103. The highest BCUT2D eigenvalue weighted by Gasteiger charge is 2.58. The van der Waals surface area contributed by atoms with Crippen LogP contribution in [0.4, 0.5) is 46.5 Å². The van der Waals surface area contributed by atoms with Crippen molar-refractivity contribution in [2.24, 2.45) is 0 Å². The van der Waals surface area contributed by atoms with Crippen LogP contribution in [0.5, 0.6) is 0 Å². The first-order chi connectivity index (χ1) is 16.8. The summed E-state index contributed by atoms with van der Waals surface area (Å²) >= 11 is 0. The van der Waals surface area contributed by atoms with Gasteiger partial charge in [-0.15, -0.1) is 0 Å². The molecule has 1 aromatic rings. The van der Waals surface area contributed by atoms with Crippen LogP contribution in [0.3, 0.4) is 0 Å². The lowest BCUT2D eigenvalue weighted by Gasteiger charge is -2.29. The molecule has 0 saturated heterocycles. The first-order valence-electron chi connectivity index (χ1n) is 10.4. The van der Waals surface area contributed by atoms with Gasteiger partial charge in [-0.05, 0) is 19.1 Å². The summed E-state index contributed by atoms with van der Waals surface area (Å²) in [4.78, 5) is 39.3. The molecule has 0 radical (unpaired) electrons. The number of aliphatic hydroxyl groups excluding tert-OH is 1. The number of fused-ring (bicyclic) bond motifs is 1. The molecule has 1 aliphatic heterocycles. The average Bonchev–Trinajstić information content (AvgIpc) is 2.86. The molecule has 0 aromatic heterocycles. The van der Waals surface area contributed by atoms with E-state index in [-0.39, 0.29) is 11.4 Å². The Hall–Kier alpha value is -3.21. The molecule has 1 heterocycles. The molecule has 1 aromatic carbocycles. The van der Waals surface area contributed by atoms with Crippen molar-refractivity contribution in [2.75, 3.05) is 42.6 Å². The van der Waals surface area contributed by atoms with E-state index in [1.165, 1.54) is 24.3 Å². The van der Waals surface area contributed by atoms with E-state index >= 15 is 0 Å². The SMILES string of the molecule is C[C@](O)(C(=O)NCC(F)(F)C(F)(F)F)C(=O)N[C@H]1CN(CC(F)(F)F)c2ccccc2N(CCO)C1=O. The first-order valence-corrected chi connectivity index (χ1v) is 10.4. The number of benzene rings is 1. The van der Waals surface area contributed by atoms with Crippen molar-refractivity contribution in [1.82, 2.24) is 10.6 Å². The zero-order chi connectivity index (χ0) is 28.4. The maximum absolute atomic E-state index is 13.3. The molecule has 0 fully saturated rings. The number of carbonyl (C=O) groups excluding carboxylic acids is 3. The Balaban J connectivity index is 2.32. The van der Waals surface area contributed by atoms with Gasteiger partial charge in [0.1, 0.15) is 12.6 Å². The fraction of sp³-hybridized carbons (Fsp3) is 0.550. The molecular formula is C20H22F8N4O5. The van der Waals surface area contributed by atoms with Gasteiger partial charge in [0, 0.05) is 13.1 Å². The molecule has 0 bridgehead atoms. The summed E-state index contributed by atoms with van der Waals surface area (Å²) in [5.74, 6) is -10.2. The number of halogens is 8. The number of carbonyl (C=O) groups is 3. The highest BCUT2D eigenvalue weighted by Crippen LogP contribution is 2.36. The van der Waals surface area contributed by atoms with Crippen LogP contribution in [0.15, 0.2) is 24.3 Å². The van der Waals surface area contributed by atoms with E-state index in [0.29, 0.717) is 11.8 Å². The van der Waals surface area contributed by atoms with Gasteiger partial charge in [0.2, 0.25) is 5.60 Å². The minimum absolute atomic E-state index is 0.0542. The van der Waals surface area contributed by atoms with Crippen molar-refractivity contribution >= 4 is 29.1 Å². The smallest absolute Gasteiger partial charge is 0.395 e. The Bertz CT molecular complexity index is 1020. The molecule has 3 amide bonds. The van der Waals surface area contributed by atoms with E-state index in [2.05, 4.69) is 0 Å². The standard InChI is InChI=1S/C20H22F8N4O5/c1-17(37,15(35)29-9-18(21,22)20(26,27)28)16(36)30-11-8-31(10-19(23,24)25)12-4-2-3-5-13(12)32(6-7-33)14(11)34/h2-5,11,33,37H,6-10H2,1H3,(H,29,35)(H,30,36)/t11-,17-/m0/s1. The largest absolute Gasteiger partial charge is 0.455 e. The van der Waals surface area contributed by atoms with Gasteiger partial charge in [0.05, 0.1) is 24.5 Å². The molecule has 0 saturated carbocycles. The van der Waals surface area contributed by atoms with Gasteiger partial charge in [-0.1, -0.05) is 12.1 Å². The van der Waals surface area contributed by atoms with Crippen LogP contribution in [0, 0.1) is 0 Å². The van der Waals surface area contributed by atoms with Crippen molar-refractivity contribution in [2.45, 2.75) is 36.8 Å². The zero-order valence-electron chi connectivity index (χ0n) is 19.0. The fourth-order valence-corrected chi connectivity index (χ4v) is 3.33. The highest BCUT2D eigenvalue weighted by atomic mass is 19.4. The highest BCUT2D eigenvalue weighted by molar-refractivity contribution is 6.10. The van der Waals surface area contributed by atoms with Crippen LogP contribution in [0.2, 0.25) is 0 Å². The second kappa shape index (κ2) is 10.6. The van der Waals surface area contributed by atoms with E-state index in [0.717, 1.165) is 10.2 Å². The predicted molar refractivity (Wildman–Crippen MR) is 111 cm³/mol. The van der Waals surface area contributed by atoms with Crippen LogP contribution in [-0.4, -0.2) is 90.6 Å². The number of anilines is 2. The molecular weight excluding hydrogens is 528 g/mol. The number of hydrogen-bond donors (Lipinski definition) is 4. The molecule has 1 aliphatic rings. The van der Waals surface area contributed by atoms with E-state index in [4.69, 9.17) is 0 Å². The molecule has 2 atom stereocenters. The monoisotopic (exact) mass is 550 g/mol. The van der Waals surface area contributed by atoms with Crippen molar-refractivity contribution in [3.8, 4) is 0 Å². The van der Waals surface area contributed by atoms with Crippen LogP contribution >= 0.6 is 0 Å². The third-order valence-corrected chi connectivity index (χ3v) is 5.25. The number of alkyl halides is 8. The van der Waals surface area contributed by atoms with Gasteiger partial charge >= 0.3 is 18.3 Å². The maximum Gasteiger partial charge on any atom is 0.455 e. The predicted octanol–water partition coefficient (Wildman–Crippen LogP) is 0.944. The summed E-state index contributed by atoms with van der Waals surface area (Å²) in [6, 6.07) is 3.42. The number of rotatable bonds is 8. The number of β-amino-alcohol motifs (C(OH)–C–C–N with tert-alkyl or cyclic N) is 1. The molecule has 0 aliphatic carbocycles. The van der Waals surface area contributed by atoms with E-state index < -0.39 is 80.4 Å². The lowest BCUT2D eigenvalue weighted by Crippen LogP contribution is -2.62. The van der Waals surface area contributed by atoms with Crippen molar-refractivity contribution in [3.05, 3.63) is 24.3 Å². The minimum Gasteiger partial charge on any atom is -0.395 e. The van der Waals surface area contributed by atoms with Crippen molar-refractivity contribution in [3.63, 3.8) is 0 Å². The van der Waals surface area contributed by atoms with E-state index in [1.807, 2.05) is 5.32 Å². The maximum atomic E-state index is 13.3. The first kappa shape index (κ1) is 30.0. The summed E-state index contributed by atoms with van der Waals surface area (Å²) in [5, 5.41) is 22.5. The Morgan fingerprint density at radius 3 is 2.11 bits per heavy atom. The third-order valence-electron chi connectivity index (χ3n) is 5.25. The van der Waals surface area contributed by atoms with Gasteiger partial charge in [0.15, 0.2) is 0 Å². The summed E-state index contributed by atoms with van der Waals surface area (Å²) in [5.41, 5.74) is -3.46. The molecule has 0 unspecified atom stereocenters. The lowest BCUT2D eigenvalue weighted by atomic mass is 10.0. The number of nitrogens with one attached hydrogen (secondary N) is 2. The molecule has 2 rings (SSSR count). The number of para-hydroxylation sites is 2. The normalized spacial score (nSPS) is 18.6. The third kappa shape index (κ3) is 6.97. The topological polar surface area (TPSA) is 122 Å². The van der Waals surface area contributed by atoms with Gasteiger partial charge < -0.3 is 30.6 Å². The van der Waals surface area contributed by atoms with Gasteiger partial charge in [-0.2, -0.15) is 35.1 Å². The fourth-order valence-electron chi connectivity index (χ4n) is 3.33. The molecule has 0 spiro atoms. The second-order valence-electron chi connectivity index (χ2n) is 8.18. The van der Waals surface area contributed by atoms with Crippen LogP contribution < -0.4 is 20.4 Å². The van der Waals surface area contributed by atoms with E-state index in [9.17, 15) is 59.7 Å². The number of nitrogens with zero attached hydrogens (tertiary/aromatic N) is 2. The number of aliphatic hydroxyl groups is 2. The molecule has 4 N–H and O–H groups in total. The molecule has 9 nitrogen and oxygen atoms in total. The minimum atomic E-state index is -6.05. The van der Waals surface area contributed by atoms with Gasteiger partial charge in [-0.25, -0.2) is 0 Å². The lowest BCUT2D eigenvalue weighted by molar-refractivity contribution is -0.278. The molecule has 208 valence electrons. The number of amides is 3. The average molecular weight is 550 g/mol. The number of hydrogen-bond acceptors (Lipinski definition) is 6. The van der Waals surface area contributed by atoms with Crippen molar-refractivity contribution in [1.29, 1.82) is 0 Å². The van der Waals surface area contributed by atoms with Crippen molar-refractivity contribution < 1.29 is 59.7 Å². The Kier molecular flexibility index (Phi) is 8.64. The Morgan fingerprint density at radius 2 is 1.59 bits per heavy atom. The molecule has 17 heteroatoms. The van der Waals surface area contributed by atoms with Gasteiger partial charge in [0.25, 0.3) is 17.7 Å². The quantitative estimate of drug-likeness (QED) is 0.283. The molecule has 37 heavy (non-hydrogen) atoms. The van der Waals surface area contributed by atoms with Crippen LogP contribution in [-0.2, 0) is 14.4 Å². The zero-order valence-corrected chi connectivity index (χ0v) is 19.0. The Morgan fingerprint density at radius 1 is 1.03 bits per heavy atom. The Labute approximate surface area is 204 Å². The summed E-state index contributed by atoms with van der Waals surface area (Å²) in [6.07, 6.45) is -10.8.